The van der Waals surface area contributed by atoms with Crippen LogP contribution in [0, 0.1) is 11.8 Å². The zero-order valence-electron chi connectivity index (χ0n) is 23.0. The number of fused-ring (bicyclic) bond motifs is 3. The first kappa shape index (κ1) is 29.1. The van der Waals surface area contributed by atoms with Crippen LogP contribution in [0.3, 0.4) is 0 Å². The maximum Gasteiger partial charge on any atom is 0.255 e. The number of carbonyl (C=O) groups excluding carboxylic acids is 3. The van der Waals surface area contributed by atoms with Gasteiger partial charge in [0.05, 0.1) is 11.6 Å². The number of aliphatic hydroxyl groups is 3. The Morgan fingerprint density at radius 3 is 2.36 bits per heavy atom. The molecule has 0 heterocycles. The number of benzene rings is 1. The number of phenols is 1. The molecule has 0 radical (unpaired) electrons. The zero-order chi connectivity index (χ0) is 29.4. The van der Waals surface area contributed by atoms with E-state index in [0.717, 1.165) is 6.42 Å². The number of amides is 1. The lowest BCUT2D eigenvalue weighted by Gasteiger charge is -2.50. The van der Waals surface area contributed by atoms with Crippen molar-refractivity contribution in [2.75, 3.05) is 21.1 Å². The number of rotatable bonds is 6. The predicted octanol–water partition coefficient (Wildman–Crippen LogP) is 2.24. The Balaban J connectivity index is 1.89. The van der Waals surface area contributed by atoms with E-state index in [4.69, 9.17) is 17.3 Å². The van der Waals surface area contributed by atoms with Crippen LogP contribution < -0.4 is 5.73 Å². The molecule has 4 atom stereocenters. The zero-order valence-corrected chi connectivity index (χ0v) is 23.8. The Bertz CT molecular complexity index is 1350. The van der Waals surface area contributed by atoms with E-state index in [-0.39, 0.29) is 35.3 Å². The van der Waals surface area contributed by atoms with Crippen LogP contribution >= 0.6 is 11.6 Å². The number of carbonyl (C=O) groups is 3. The molecule has 3 aliphatic carbocycles. The van der Waals surface area contributed by atoms with Gasteiger partial charge in [-0.05, 0) is 77.4 Å². The summed E-state index contributed by atoms with van der Waals surface area (Å²) < 4.78 is 0. The summed E-state index contributed by atoms with van der Waals surface area (Å²) >= 11 is 6.85. The minimum absolute atomic E-state index is 0.00977. The molecule has 1 aromatic rings. The molecular formula is C28H36ClN3O7. The van der Waals surface area contributed by atoms with E-state index in [9.17, 15) is 34.8 Å². The van der Waals surface area contributed by atoms with Crippen LogP contribution in [0.4, 0.5) is 0 Å². The quantitative estimate of drug-likeness (QED) is 0.327. The molecule has 4 rings (SSSR count). The van der Waals surface area contributed by atoms with Gasteiger partial charge in [-0.15, -0.1) is 0 Å². The first-order valence-electron chi connectivity index (χ1n) is 12.9. The van der Waals surface area contributed by atoms with Gasteiger partial charge in [-0.3, -0.25) is 24.2 Å². The van der Waals surface area contributed by atoms with E-state index in [0.29, 0.717) is 22.7 Å². The van der Waals surface area contributed by atoms with Gasteiger partial charge in [0.15, 0.2) is 11.4 Å². The molecule has 0 saturated heterocycles. The van der Waals surface area contributed by atoms with E-state index in [1.54, 1.807) is 14.1 Å². The third-order valence-electron chi connectivity index (χ3n) is 9.04. The topological polar surface area (TPSA) is 165 Å². The molecule has 3 aliphatic rings. The molecule has 11 heteroatoms. The molecule has 1 aromatic carbocycles. The van der Waals surface area contributed by atoms with Crippen LogP contribution in [0.15, 0.2) is 23.0 Å². The number of ketones is 2. The van der Waals surface area contributed by atoms with Gasteiger partial charge in [0.2, 0.25) is 5.78 Å². The van der Waals surface area contributed by atoms with Crippen molar-refractivity contribution in [3.05, 3.63) is 44.7 Å². The van der Waals surface area contributed by atoms with Crippen LogP contribution in [0.1, 0.15) is 50.3 Å². The minimum Gasteiger partial charge on any atom is -0.508 e. The van der Waals surface area contributed by atoms with Gasteiger partial charge in [0, 0.05) is 28.6 Å². The highest BCUT2D eigenvalue weighted by Gasteiger charge is 2.64. The average molecular weight is 562 g/mol. The summed E-state index contributed by atoms with van der Waals surface area (Å²) in [7, 11) is 5.07. The number of halogens is 1. The number of hydrogen-bond acceptors (Lipinski definition) is 9. The molecule has 0 spiro atoms. The Labute approximate surface area is 232 Å². The maximum atomic E-state index is 13.9. The smallest absolute Gasteiger partial charge is 0.255 e. The van der Waals surface area contributed by atoms with Crippen LogP contribution in [0.5, 0.6) is 5.75 Å². The second-order valence-electron chi connectivity index (χ2n) is 11.7. The summed E-state index contributed by atoms with van der Waals surface area (Å²) in [5, 5.41) is 45.2. The van der Waals surface area contributed by atoms with E-state index >= 15 is 0 Å². The largest absolute Gasteiger partial charge is 0.508 e. The van der Waals surface area contributed by atoms with E-state index in [2.05, 4.69) is 25.7 Å². The Morgan fingerprint density at radius 2 is 1.82 bits per heavy atom. The van der Waals surface area contributed by atoms with Crippen LogP contribution in [-0.2, 0) is 27.3 Å². The third kappa shape index (κ3) is 4.16. The van der Waals surface area contributed by atoms with Gasteiger partial charge >= 0.3 is 0 Å². The summed E-state index contributed by atoms with van der Waals surface area (Å²) in [5.41, 5.74) is 2.59. The molecule has 1 fully saturated rings. The minimum atomic E-state index is -2.67. The van der Waals surface area contributed by atoms with Gasteiger partial charge in [0.25, 0.3) is 5.91 Å². The van der Waals surface area contributed by atoms with Crippen molar-refractivity contribution in [2.24, 2.45) is 17.6 Å². The van der Waals surface area contributed by atoms with Gasteiger partial charge < -0.3 is 26.2 Å². The Morgan fingerprint density at radius 1 is 1.21 bits per heavy atom. The van der Waals surface area contributed by atoms with Gasteiger partial charge in [-0.25, -0.2) is 0 Å². The molecule has 0 bridgehead atoms. The van der Waals surface area contributed by atoms with E-state index < -0.39 is 58.0 Å². The second-order valence-corrected chi connectivity index (χ2v) is 12.1. The molecule has 0 aliphatic heterocycles. The second kappa shape index (κ2) is 9.62. The molecule has 6 N–H and O–H groups in total. The highest BCUT2D eigenvalue weighted by molar-refractivity contribution is 6.32. The van der Waals surface area contributed by atoms with Crippen molar-refractivity contribution >= 4 is 34.8 Å². The van der Waals surface area contributed by atoms with E-state index in [1.165, 1.54) is 11.0 Å². The fourth-order valence-corrected chi connectivity index (χ4v) is 6.49. The number of Topliss-reactive ketones (excluding diaryl/α,β-unsaturated/α-hetero) is 2. The third-order valence-corrected chi connectivity index (χ3v) is 9.51. The normalized spacial score (nSPS) is 27.2. The fraction of sp³-hybridized carbons (Fsp3) is 0.536. The number of nitrogens with two attached hydrogens (primary N) is 1. The first-order chi connectivity index (χ1) is 18.0. The Hall–Kier alpha value is -2.92. The van der Waals surface area contributed by atoms with Crippen molar-refractivity contribution in [3.8, 4) is 5.75 Å². The summed E-state index contributed by atoms with van der Waals surface area (Å²) in [5.74, 6) is -6.87. The highest BCUT2D eigenvalue weighted by atomic mass is 35.5. The number of likely N-dealkylation sites (N-methyl/N-ethyl adjacent to an activating group) is 1. The molecule has 1 amide bonds. The van der Waals surface area contributed by atoms with Crippen molar-refractivity contribution in [1.29, 1.82) is 0 Å². The van der Waals surface area contributed by atoms with Crippen molar-refractivity contribution < 1.29 is 34.8 Å². The highest BCUT2D eigenvalue weighted by Crippen LogP contribution is 2.53. The Kier molecular flexibility index (Phi) is 7.17. The average Bonchev–Trinajstić information content (AvgIpc) is 2.83. The number of aliphatic hydroxyl groups excluding tert-OH is 2. The monoisotopic (exact) mass is 561 g/mol. The number of hydrogen-bond donors (Lipinski definition) is 5. The molecule has 0 unspecified atom stereocenters. The van der Waals surface area contributed by atoms with Crippen molar-refractivity contribution in [3.63, 3.8) is 0 Å². The predicted molar refractivity (Wildman–Crippen MR) is 145 cm³/mol. The summed E-state index contributed by atoms with van der Waals surface area (Å²) in [6.45, 7) is 6.68. The van der Waals surface area contributed by atoms with Gasteiger partial charge in [-0.1, -0.05) is 18.5 Å². The van der Waals surface area contributed by atoms with Crippen molar-refractivity contribution in [1.82, 2.24) is 9.80 Å². The molecule has 0 aromatic heterocycles. The molecule has 39 heavy (non-hydrogen) atoms. The molecule has 212 valence electrons. The van der Waals surface area contributed by atoms with Crippen molar-refractivity contribution in [2.45, 2.75) is 63.8 Å². The van der Waals surface area contributed by atoms with Gasteiger partial charge in [-0.2, -0.15) is 0 Å². The van der Waals surface area contributed by atoms with E-state index in [1.807, 2.05) is 7.05 Å². The standard InChI is InChI=1S/C28H36ClN3O7/c1-7-27(2,3)32(6)11-13-10-16(33)18-14(20(13)29)8-12-9-15-21(31(4)5)23(35)19(26(30)38)25(37)28(15,39)24(36)17(12)22(18)34/h10,12,15,21,33-34,37,39H,7-9,11H2,1-6H3,(H2,30,38)/t12-,15-,21-,28-/m0/s1. The number of nitrogens with zero attached hydrogens (tertiary/aromatic N) is 2. The molecule has 10 nitrogen and oxygen atoms in total. The van der Waals surface area contributed by atoms with Gasteiger partial charge in [0.1, 0.15) is 22.8 Å². The first-order valence-corrected chi connectivity index (χ1v) is 13.3. The fourth-order valence-electron chi connectivity index (χ4n) is 6.20. The summed E-state index contributed by atoms with van der Waals surface area (Å²) in [4.78, 5) is 42.7. The summed E-state index contributed by atoms with van der Waals surface area (Å²) in [6, 6.07) is 0.317. The molecular weight excluding hydrogens is 526 g/mol. The lowest BCUT2D eigenvalue weighted by atomic mass is 9.57. The summed E-state index contributed by atoms with van der Waals surface area (Å²) in [6.07, 6.45) is 1.04. The van der Waals surface area contributed by atoms with Crippen LogP contribution in [0.2, 0.25) is 5.02 Å². The maximum absolute atomic E-state index is 13.9. The number of aromatic hydroxyl groups is 1. The lowest BCUT2D eigenvalue weighted by molar-refractivity contribution is -0.153. The van der Waals surface area contributed by atoms with Crippen LogP contribution in [0.25, 0.3) is 5.76 Å². The molecule has 1 saturated carbocycles. The number of phenolic OH excluding ortho intramolecular Hbond substituents is 1. The van der Waals surface area contributed by atoms with Crippen LogP contribution in [-0.4, -0.2) is 86.0 Å². The SMILES string of the molecule is CCC(C)(C)N(C)Cc1cc(O)c2c(c1Cl)C[C@H]1C[C@H]3[C@H](N(C)C)C(=O)C(C(N)=O)=C(O)[C@@]3(O)C(=O)C1=C2O. The lowest BCUT2D eigenvalue weighted by Crippen LogP contribution is -2.65. The number of primary amides is 1.